The van der Waals surface area contributed by atoms with Crippen LogP contribution in [-0.2, 0) is 4.79 Å². The molecule has 0 aliphatic heterocycles. The van der Waals surface area contributed by atoms with Gasteiger partial charge in [0.05, 0.1) is 6.07 Å². The highest BCUT2D eigenvalue weighted by molar-refractivity contribution is 5.96. The Hall–Kier alpha value is -2.15. The summed E-state index contributed by atoms with van der Waals surface area (Å²) in [6, 6.07) is 11.0. The van der Waals surface area contributed by atoms with Crippen LogP contribution >= 0.6 is 0 Å². The summed E-state index contributed by atoms with van der Waals surface area (Å²) >= 11 is 0. The van der Waals surface area contributed by atoms with Crippen LogP contribution in [0.5, 0.6) is 0 Å². The summed E-state index contributed by atoms with van der Waals surface area (Å²) in [7, 11) is 0. The number of ketones is 1. The molecule has 0 fully saturated rings. The number of nitrogens with one attached hydrogen (secondary N) is 1. The molecule has 0 aliphatic rings. The van der Waals surface area contributed by atoms with Gasteiger partial charge in [0.15, 0.2) is 5.78 Å². The third-order valence-electron chi connectivity index (χ3n) is 2.63. The van der Waals surface area contributed by atoms with Gasteiger partial charge in [-0.05, 0) is 20.3 Å². The van der Waals surface area contributed by atoms with Crippen LogP contribution in [0.1, 0.15) is 43.5 Å². The van der Waals surface area contributed by atoms with Crippen molar-refractivity contribution < 1.29 is 9.59 Å². The Labute approximate surface area is 113 Å². The summed E-state index contributed by atoms with van der Waals surface area (Å²) in [5.41, 5.74) is -0.194. The quantitative estimate of drug-likeness (QED) is 0.797. The Morgan fingerprint density at radius 1 is 1.21 bits per heavy atom. The molecule has 0 atom stereocenters. The summed E-state index contributed by atoms with van der Waals surface area (Å²) in [4.78, 5) is 23.3. The molecule has 1 amide bonds. The number of benzene rings is 1. The first-order valence-corrected chi connectivity index (χ1v) is 6.25. The molecule has 1 aromatic rings. The Morgan fingerprint density at radius 2 is 1.84 bits per heavy atom. The zero-order chi connectivity index (χ0) is 14.3. The fourth-order valence-corrected chi connectivity index (χ4v) is 1.62. The topological polar surface area (TPSA) is 70.0 Å². The lowest BCUT2D eigenvalue weighted by Gasteiger charge is -2.17. The van der Waals surface area contributed by atoms with Gasteiger partial charge in [0.25, 0.3) is 0 Å². The first-order valence-electron chi connectivity index (χ1n) is 6.25. The molecule has 0 radical (unpaired) electrons. The monoisotopic (exact) mass is 258 g/mol. The van der Waals surface area contributed by atoms with Gasteiger partial charge in [-0.1, -0.05) is 30.3 Å². The zero-order valence-corrected chi connectivity index (χ0v) is 11.3. The maximum absolute atomic E-state index is 11.8. The van der Waals surface area contributed by atoms with Crippen LogP contribution < -0.4 is 5.32 Å². The van der Waals surface area contributed by atoms with Crippen molar-refractivity contribution in [1.82, 2.24) is 5.32 Å². The van der Waals surface area contributed by atoms with Crippen molar-refractivity contribution >= 4 is 11.7 Å². The fourth-order valence-electron chi connectivity index (χ4n) is 1.62. The van der Waals surface area contributed by atoms with Gasteiger partial charge >= 0.3 is 0 Å². The number of nitrogens with zero attached hydrogens (tertiary/aromatic N) is 1. The standard InChI is InChI=1S/C15H18N2O2/c1-15(2,11-16)17-14(19)10-6-9-13(18)12-7-4-3-5-8-12/h3-5,7-8H,6,9-10H2,1-2H3,(H,17,19). The molecule has 0 heterocycles. The van der Waals surface area contributed by atoms with Gasteiger partial charge in [0.2, 0.25) is 5.91 Å². The third-order valence-corrected chi connectivity index (χ3v) is 2.63. The number of rotatable bonds is 6. The highest BCUT2D eigenvalue weighted by Gasteiger charge is 2.18. The number of nitriles is 1. The van der Waals surface area contributed by atoms with E-state index in [2.05, 4.69) is 5.32 Å². The van der Waals surface area contributed by atoms with E-state index in [0.29, 0.717) is 18.4 Å². The summed E-state index contributed by atoms with van der Waals surface area (Å²) in [5.74, 6) is -0.166. The summed E-state index contributed by atoms with van der Waals surface area (Å²) in [6.07, 6.45) is 1.08. The minimum Gasteiger partial charge on any atom is -0.338 e. The summed E-state index contributed by atoms with van der Waals surface area (Å²) < 4.78 is 0. The molecule has 1 rings (SSSR count). The van der Waals surface area contributed by atoms with Crippen LogP contribution in [0.2, 0.25) is 0 Å². The average molecular weight is 258 g/mol. The van der Waals surface area contributed by atoms with E-state index in [-0.39, 0.29) is 18.1 Å². The minimum atomic E-state index is -0.861. The van der Waals surface area contributed by atoms with Crippen molar-refractivity contribution in [3.8, 4) is 6.07 Å². The molecule has 1 aromatic carbocycles. The summed E-state index contributed by atoms with van der Waals surface area (Å²) in [6.45, 7) is 3.28. The van der Waals surface area contributed by atoms with E-state index in [1.54, 1.807) is 26.0 Å². The molecule has 100 valence electrons. The molecule has 0 unspecified atom stereocenters. The molecule has 0 spiro atoms. The normalized spacial score (nSPS) is 10.6. The predicted molar refractivity (Wildman–Crippen MR) is 72.5 cm³/mol. The molecule has 0 saturated carbocycles. The van der Waals surface area contributed by atoms with E-state index in [9.17, 15) is 9.59 Å². The van der Waals surface area contributed by atoms with E-state index >= 15 is 0 Å². The first-order chi connectivity index (χ1) is 8.94. The highest BCUT2D eigenvalue weighted by atomic mass is 16.1. The molecular formula is C15H18N2O2. The largest absolute Gasteiger partial charge is 0.338 e. The zero-order valence-electron chi connectivity index (χ0n) is 11.3. The smallest absolute Gasteiger partial charge is 0.221 e. The number of carbonyl (C=O) groups excluding carboxylic acids is 2. The number of hydrogen-bond acceptors (Lipinski definition) is 3. The number of Topliss-reactive ketones (excluding diaryl/α,β-unsaturated/α-hetero) is 1. The van der Waals surface area contributed by atoms with Gasteiger partial charge in [0, 0.05) is 18.4 Å². The van der Waals surface area contributed by atoms with E-state index < -0.39 is 5.54 Å². The Morgan fingerprint density at radius 3 is 2.42 bits per heavy atom. The van der Waals surface area contributed by atoms with Gasteiger partial charge in [0.1, 0.15) is 5.54 Å². The lowest BCUT2D eigenvalue weighted by atomic mass is 10.0. The van der Waals surface area contributed by atoms with Crippen molar-refractivity contribution in [3.63, 3.8) is 0 Å². The fraction of sp³-hybridized carbons (Fsp3) is 0.400. The highest BCUT2D eigenvalue weighted by Crippen LogP contribution is 2.07. The van der Waals surface area contributed by atoms with E-state index in [4.69, 9.17) is 5.26 Å². The van der Waals surface area contributed by atoms with Crippen molar-refractivity contribution in [1.29, 1.82) is 5.26 Å². The molecule has 4 heteroatoms. The number of hydrogen-bond donors (Lipinski definition) is 1. The average Bonchev–Trinajstić information content (AvgIpc) is 2.39. The van der Waals surface area contributed by atoms with Crippen LogP contribution in [-0.4, -0.2) is 17.2 Å². The van der Waals surface area contributed by atoms with E-state index in [1.165, 1.54) is 0 Å². The Kier molecular flexibility index (Phi) is 5.25. The van der Waals surface area contributed by atoms with Gasteiger partial charge in [-0.15, -0.1) is 0 Å². The van der Waals surface area contributed by atoms with Gasteiger partial charge in [-0.2, -0.15) is 5.26 Å². The van der Waals surface area contributed by atoms with Crippen molar-refractivity contribution in [2.75, 3.05) is 0 Å². The Balaban J connectivity index is 2.34. The molecule has 19 heavy (non-hydrogen) atoms. The summed E-state index contributed by atoms with van der Waals surface area (Å²) in [5, 5.41) is 11.4. The number of carbonyl (C=O) groups is 2. The van der Waals surface area contributed by atoms with Crippen LogP contribution in [0.15, 0.2) is 30.3 Å². The second kappa shape index (κ2) is 6.69. The van der Waals surface area contributed by atoms with E-state index in [1.807, 2.05) is 24.3 Å². The predicted octanol–water partition coefficient (Wildman–Crippen LogP) is 2.46. The van der Waals surface area contributed by atoms with Crippen molar-refractivity contribution in [2.24, 2.45) is 0 Å². The maximum atomic E-state index is 11.8. The first kappa shape index (κ1) is 14.9. The minimum absolute atomic E-state index is 0.0351. The van der Waals surface area contributed by atoms with Gasteiger partial charge < -0.3 is 5.32 Å². The van der Waals surface area contributed by atoms with Gasteiger partial charge in [-0.25, -0.2) is 0 Å². The third kappa shape index (κ3) is 5.35. The van der Waals surface area contributed by atoms with Gasteiger partial charge in [-0.3, -0.25) is 9.59 Å². The van der Waals surface area contributed by atoms with Crippen molar-refractivity contribution in [2.45, 2.75) is 38.6 Å². The van der Waals surface area contributed by atoms with E-state index in [0.717, 1.165) is 0 Å². The van der Waals surface area contributed by atoms with Crippen LogP contribution in [0.4, 0.5) is 0 Å². The second-order valence-electron chi connectivity index (χ2n) is 4.93. The Bertz CT molecular complexity index is 487. The van der Waals surface area contributed by atoms with Crippen LogP contribution in [0, 0.1) is 11.3 Å². The SMILES string of the molecule is CC(C)(C#N)NC(=O)CCCC(=O)c1ccccc1. The van der Waals surface area contributed by atoms with Crippen LogP contribution in [0.3, 0.4) is 0 Å². The molecule has 0 saturated heterocycles. The lowest BCUT2D eigenvalue weighted by molar-refractivity contribution is -0.122. The lowest BCUT2D eigenvalue weighted by Crippen LogP contribution is -2.41. The molecule has 0 aromatic heterocycles. The number of amides is 1. The maximum Gasteiger partial charge on any atom is 0.221 e. The molecule has 0 aliphatic carbocycles. The molecule has 0 bridgehead atoms. The molecule has 4 nitrogen and oxygen atoms in total. The molecule has 1 N–H and O–H groups in total. The van der Waals surface area contributed by atoms with Crippen LogP contribution in [0.25, 0.3) is 0 Å². The second-order valence-corrected chi connectivity index (χ2v) is 4.93. The van der Waals surface area contributed by atoms with Crippen molar-refractivity contribution in [3.05, 3.63) is 35.9 Å². The molecular weight excluding hydrogens is 240 g/mol.